The molecule has 0 saturated carbocycles. The summed E-state index contributed by atoms with van der Waals surface area (Å²) >= 11 is 2.57. The number of nitrogens with zero attached hydrogens (tertiary/aromatic N) is 6. The van der Waals surface area contributed by atoms with Crippen LogP contribution in [0.4, 0.5) is 0 Å². The molecule has 117 heavy (non-hydrogen) atoms. The Kier molecular flexibility index (Phi) is 46.0. The van der Waals surface area contributed by atoms with Gasteiger partial charge in [0.15, 0.2) is 0 Å². The SMILES string of the molecule is CCCC[C@H](NC(=O)CCC(=O)NCCCOCCOCCOCCCNC(=O)CCC(C(=O)O)N1CCN(CC(=O)O)CCN(CC(=O)O)CC1)C(=O)/N=C\C(CSCc1cccc(CSCC(NC(=O)[C@H](Cc2ccccc2)NC(=O)[C@H](CCC(=O)O)NC(=O)[C@@H](C)CC)C(=O)O)c1)C(=O)N1CCC[C@H]1C(=O)N1CCC[C@H]1C(N)=O. The Morgan fingerprint density at radius 2 is 1.06 bits per heavy atom. The maximum Gasteiger partial charge on any atom is 0.327 e. The molecule has 3 heterocycles. The molecule has 36 nitrogen and oxygen atoms in total. The molecule has 2 aromatic carbocycles. The van der Waals surface area contributed by atoms with Crippen molar-refractivity contribution >= 4 is 119 Å². The number of likely N-dealkylation sites (tertiary alicyclic amines) is 2. The first-order valence-corrected chi connectivity index (χ1v) is 42.4. The zero-order chi connectivity index (χ0) is 85.6. The Bertz CT molecular complexity index is 3580. The molecule has 10 amide bonds. The van der Waals surface area contributed by atoms with E-state index in [1.165, 1.54) is 39.5 Å². The van der Waals surface area contributed by atoms with Crippen LogP contribution in [0.25, 0.3) is 0 Å². The molecule has 3 fully saturated rings. The quantitative estimate of drug-likeness (QED) is 0.0329. The number of benzene rings is 2. The summed E-state index contributed by atoms with van der Waals surface area (Å²) in [6, 6.07) is 8.18. The van der Waals surface area contributed by atoms with E-state index >= 15 is 0 Å². The van der Waals surface area contributed by atoms with Gasteiger partial charge < -0.3 is 87.2 Å². The van der Waals surface area contributed by atoms with Gasteiger partial charge in [-0.3, -0.25) is 81.8 Å². The third-order valence-corrected chi connectivity index (χ3v) is 22.2. The average molecular weight is 1680 g/mol. The lowest BCUT2D eigenvalue weighted by Crippen LogP contribution is -2.57. The van der Waals surface area contributed by atoms with Gasteiger partial charge in [-0.25, -0.2) is 9.79 Å². The van der Waals surface area contributed by atoms with Crippen LogP contribution in [0.15, 0.2) is 59.6 Å². The van der Waals surface area contributed by atoms with E-state index in [1.807, 2.05) is 31.2 Å². The number of unbranched alkanes of at least 4 members (excludes halogenated alkanes) is 1. The lowest BCUT2D eigenvalue weighted by atomic mass is 10.0. The molecule has 13 N–H and O–H groups in total. The van der Waals surface area contributed by atoms with Crippen LogP contribution >= 0.6 is 23.5 Å². The molecule has 650 valence electrons. The molecule has 0 aromatic heterocycles. The molecule has 0 spiro atoms. The van der Waals surface area contributed by atoms with Crippen molar-refractivity contribution in [3.63, 3.8) is 0 Å². The minimum Gasteiger partial charge on any atom is -0.481 e. The number of ether oxygens (including phenoxy) is 3. The molecule has 38 heteroatoms. The van der Waals surface area contributed by atoms with Crippen molar-refractivity contribution in [3.05, 3.63) is 71.3 Å². The van der Waals surface area contributed by atoms with Gasteiger partial charge in [0.05, 0.1) is 45.4 Å². The molecule has 9 atom stereocenters. The predicted molar refractivity (Wildman–Crippen MR) is 433 cm³/mol. The normalized spacial score (nSPS) is 17.3. The van der Waals surface area contributed by atoms with Gasteiger partial charge in [0.1, 0.15) is 42.3 Å². The van der Waals surface area contributed by atoms with Gasteiger partial charge in [0.2, 0.25) is 53.2 Å². The highest BCUT2D eigenvalue weighted by Crippen LogP contribution is 2.28. The van der Waals surface area contributed by atoms with Crippen LogP contribution in [0.5, 0.6) is 0 Å². The number of carboxylic acid groups (broad SMARTS) is 5. The maximum absolute atomic E-state index is 14.8. The predicted octanol–water partition coefficient (Wildman–Crippen LogP) is 1.37. The smallest absolute Gasteiger partial charge is 0.327 e. The first-order chi connectivity index (χ1) is 56.1. The maximum atomic E-state index is 14.8. The highest BCUT2D eigenvalue weighted by Gasteiger charge is 2.43. The monoisotopic (exact) mass is 1680 g/mol. The molecule has 0 aliphatic carbocycles. The van der Waals surface area contributed by atoms with Gasteiger partial charge in [-0.05, 0) is 80.9 Å². The zero-order valence-corrected chi connectivity index (χ0v) is 68.8. The minimum absolute atomic E-state index is 0.00541. The fraction of sp³-hybridized carbons (Fsp3) is 0.646. The van der Waals surface area contributed by atoms with E-state index in [2.05, 4.69) is 36.9 Å². The van der Waals surface area contributed by atoms with Crippen molar-refractivity contribution in [2.45, 2.75) is 184 Å². The second-order valence-electron chi connectivity index (χ2n) is 29.1. The van der Waals surface area contributed by atoms with Crippen LogP contribution in [-0.4, -0.2) is 317 Å². The van der Waals surface area contributed by atoms with Crippen LogP contribution in [0.1, 0.15) is 140 Å². The second kappa shape index (κ2) is 54.7. The van der Waals surface area contributed by atoms with Crippen molar-refractivity contribution in [2.24, 2.45) is 22.6 Å². The topological polar surface area (TPSA) is 512 Å². The lowest BCUT2D eigenvalue weighted by molar-refractivity contribution is -0.146. The van der Waals surface area contributed by atoms with Crippen LogP contribution in [-0.2, 0) is 104 Å². The van der Waals surface area contributed by atoms with E-state index in [-0.39, 0.29) is 148 Å². The summed E-state index contributed by atoms with van der Waals surface area (Å²) in [6.07, 6.45) is 4.56. The van der Waals surface area contributed by atoms with Crippen molar-refractivity contribution < 1.29 is 112 Å². The Labute approximate surface area is 690 Å². The number of thioether (sulfide) groups is 2. The molecule has 3 saturated heterocycles. The number of amides is 10. The summed E-state index contributed by atoms with van der Waals surface area (Å²) in [4.78, 5) is 206. The summed E-state index contributed by atoms with van der Waals surface area (Å²) in [7, 11) is 0. The summed E-state index contributed by atoms with van der Waals surface area (Å²) in [5.74, 6) is -12.4. The van der Waals surface area contributed by atoms with E-state index in [0.717, 1.165) is 11.1 Å². The van der Waals surface area contributed by atoms with E-state index in [0.29, 0.717) is 108 Å². The zero-order valence-electron chi connectivity index (χ0n) is 67.2. The van der Waals surface area contributed by atoms with Crippen molar-refractivity contribution in [3.8, 4) is 0 Å². The minimum atomic E-state index is -1.42. The number of nitrogens with two attached hydrogens (primary N) is 1. The van der Waals surface area contributed by atoms with Gasteiger partial charge in [-0.2, -0.15) is 23.5 Å². The number of nitrogens with one attached hydrogen (secondary N) is 6. The molecular weight excluding hydrogens is 1560 g/mol. The van der Waals surface area contributed by atoms with Gasteiger partial charge in [0.25, 0.3) is 5.91 Å². The van der Waals surface area contributed by atoms with Crippen molar-refractivity contribution in [1.29, 1.82) is 0 Å². The highest BCUT2D eigenvalue weighted by atomic mass is 32.2. The first kappa shape index (κ1) is 98.4. The summed E-state index contributed by atoms with van der Waals surface area (Å²) < 4.78 is 16.8. The van der Waals surface area contributed by atoms with Gasteiger partial charge in [0, 0.05) is 146 Å². The summed E-state index contributed by atoms with van der Waals surface area (Å²) in [5, 5.41) is 64.5. The second-order valence-corrected chi connectivity index (χ2v) is 31.1. The van der Waals surface area contributed by atoms with Crippen LogP contribution in [0.2, 0.25) is 0 Å². The van der Waals surface area contributed by atoms with Crippen LogP contribution in [0.3, 0.4) is 0 Å². The molecule has 3 aliphatic rings. The lowest BCUT2D eigenvalue weighted by Gasteiger charge is -2.31. The number of primary amides is 1. The highest BCUT2D eigenvalue weighted by molar-refractivity contribution is 7.98. The fourth-order valence-corrected chi connectivity index (χ4v) is 15.3. The Balaban J connectivity index is 1.06. The summed E-state index contributed by atoms with van der Waals surface area (Å²) in [5.41, 5.74) is 7.93. The number of aliphatic carboxylic acids is 5. The molecule has 2 aromatic rings. The van der Waals surface area contributed by atoms with Gasteiger partial charge in [-0.15, -0.1) is 0 Å². The Hall–Kier alpha value is -9.18. The number of rotatable bonds is 56. The fourth-order valence-electron chi connectivity index (χ4n) is 13.3. The van der Waals surface area contributed by atoms with Gasteiger partial charge in [-0.1, -0.05) is 88.2 Å². The molecule has 0 radical (unpaired) electrons. The third-order valence-electron chi connectivity index (χ3n) is 20.0. The van der Waals surface area contributed by atoms with Crippen LogP contribution < -0.4 is 37.6 Å². The van der Waals surface area contributed by atoms with Gasteiger partial charge >= 0.3 is 29.8 Å². The molecule has 3 unspecified atom stereocenters. The largest absolute Gasteiger partial charge is 0.481 e. The van der Waals surface area contributed by atoms with E-state index in [4.69, 9.17) is 19.9 Å². The Morgan fingerprint density at radius 3 is 1.62 bits per heavy atom. The average Bonchev–Trinajstić information content (AvgIpc) is 1.66. The van der Waals surface area contributed by atoms with E-state index in [1.54, 1.807) is 58.9 Å². The standard InChI is InChI=1S/C79H119N13O23S2/c1-4-6-19-58(84-67(95)26-25-66(94)82-29-14-39-114-41-43-115-42-40-113-38-13-28-81-65(93)24-23-64(79(111)112)90-36-34-88(47-69(98)99)32-33-89(35-37-90)48-70(100)101)73(104)83-46-57(76(107)92-31-12-21-63(92)77(108)91-30-11-20-62(91)71(80)102)51-116-49-55-17-10-18-56(44-55)50-117-52-61(78(109)110)87-75(106)60(45-54-15-8-7-9-16-54)86-74(105)59(22-27-68(96)97)85-72(103)53(3)5-2/h7-10,15-18,44,46,53,57-64H,4-6,11-14,19-43,45,47-52H2,1-3H3,(H2,80,102)(H,81,93)(H,82,94)(H,84,95)(H,85,103)(H,86,105)(H,87,106)(H,96,97)(H,98,99)(H,100,101)(H,109,110)(H,111,112)/b83-46-/t53-,57?,58-,59-,60-,61?,62-,63-,64?/m0/s1. The van der Waals surface area contributed by atoms with Crippen molar-refractivity contribution in [2.75, 3.05) is 130 Å². The number of carbonyl (C=O) groups excluding carboxylic acids is 10. The molecule has 5 rings (SSSR count). The molecule has 3 aliphatic heterocycles. The van der Waals surface area contributed by atoms with Crippen molar-refractivity contribution in [1.82, 2.24) is 56.4 Å². The summed E-state index contributed by atoms with van der Waals surface area (Å²) in [6.45, 7) is 9.15. The number of hydrogen-bond acceptors (Lipinski definition) is 23. The van der Waals surface area contributed by atoms with E-state index in [9.17, 15) is 97.5 Å². The number of carbonyl (C=O) groups is 15. The van der Waals surface area contributed by atoms with E-state index < -0.39 is 144 Å². The number of aliphatic imine (C=N–C) groups is 1. The Morgan fingerprint density at radius 1 is 0.530 bits per heavy atom. The molecule has 0 bridgehead atoms. The number of carboxylic acids is 5. The number of hydrogen-bond donors (Lipinski definition) is 12. The first-order valence-electron chi connectivity index (χ1n) is 40.1. The molecular formula is C79H119N13O23S2. The van der Waals surface area contributed by atoms with Crippen LogP contribution in [0, 0.1) is 11.8 Å². The third kappa shape index (κ3) is 38.0.